The first-order valence-corrected chi connectivity index (χ1v) is 15.3. The lowest BCUT2D eigenvalue weighted by Gasteiger charge is -2.34. The Labute approximate surface area is 232 Å². The number of aryl methyl sites for hydroxylation is 1. The second-order valence-corrected chi connectivity index (χ2v) is 12.0. The van der Waals surface area contributed by atoms with Crippen LogP contribution in [-0.4, -0.2) is 64.2 Å². The average molecular weight is 560 g/mol. The number of methoxy groups -OCH3 is 2. The zero-order valence-electron chi connectivity index (χ0n) is 23.6. The number of carbonyl (C=O) groups is 2. The molecule has 0 radical (unpaired) electrons. The number of nitrogens with one attached hydrogen (secondary N) is 1. The summed E-state index contributed by atoms with van der Waals surface area (Å²) in [5, 5.41) is 3.15. The SMILES string of the molecule is CC[C@H](C(=O)NC1CCCCC1)N(Cc1cccc(C)c1)C(=O)CN(c1cc(OC)ccc1OC)S(C)(=O)=O. The average Bonchev–Trinajstić information content (AvgIpc) is 2.91. The Hall–Kier alpha value is -3.27. The molecule has 2 aromatic rings. The summed E-state index contributed by atoms with van der Waals surface area (Å²) < 4.78 is 37.7. The minimum absolute atomic E-state index is 0.0878. The summed E-state index contributed by atoms with van der Waals surface area (Å²) in [6, 6.07) is 11.8. The number of nitrogens with zero attached hydrogens (tertiary/aromatic N) is 2. The molecule has 2 amide bonds. The lowest BCUT2D eigenvalue weighted by Crippen LogP contribution is -2.54. The second-order valence-electron chi connectivity index (χ2n) is 10.1. The topological polar surface area (TPSA) is 105 Å². The van der Waals surface area contributed by atoms with Crippen LogP contribution >= 0.6 is 0 Å². The van der Waals surface area contributed by atoms with E-state index in [1.54, 1.807) is 12.1 Å². The monoisotopic (exact) mass is 559 g/mol. The van der Waals surface area contributed by atoms with Gasteiger partial charge < -0.3 is 19.7 Å². The molecule has 0 heterocycles. The molecule has 214 valence electrons. The van der Waals surface area contributed by atoms with Gasteiger partial charge in [-0.25, -0.2) is 8.42 Å². The number of carbonyl (C=O) groups excluding carboxylic acids is 2. The highest BCUT2D eigenvalue weighted by Gasteiger charge is 2.33. The molecule has 0 bridgehead atoms. The quantitative estimate of drug-likeness (QED) is 0.421. The van der Waals surface area contributed by atoms with E-state index in [0.717, 1.165) is 53.8 Å². The van der Waals surface area contributed by atoms with Gasteiger partial charge in [0.25, 0.3) is 0 Å². The molecule has 0 aliphatic heterocycles. The van der Waals surface area contributed by atoms with Crippen molar-refractivity contribution < 1.29 is 27.5 Å². The molecular formula is C29H41N3O6S. The Morgan fingerprint density at radius 3 is 2.36 bits per heavy atom. The van der Waals surface area contributed by atoms with E-state index in [4.69, 9.17) is 9.47 Å². The molecule has 39 heavy (non-hydrogen) atoms. The molecule has 3 rings (SSSR count). The summed E-state index contributed by atoms with van der Waals surface area (Å²) in [6.45, 7) is 3.50. The zero-order chi connectivity index (χ0) is 28.6. The molecule has 1 aliphatic rings. The van der Waals surface area contributed by atoms with Crippen molar-refractivity contribution in [1.29, 1.82) is 0 Å². The molecule has 0 spiro atoms. The van der Waals surface area contributed by atoms with E-state index in [0.29, 0.717) is 12.2 Å². The van der Waals surface area contributed by atoms with Crippen molar-refractivity contribution >= 4 is 27.5 Å². The Bertz CT molecular complexity index is 1240. The molecule has 0 saturated heterocycles. The number of ether oxygens (including phenoxy) is 2. The van der Waals surface area contributed by atoms with E-state index in [-0.39, 0.29) is 29.9 Å². The van der Waals surface area contributed by atoms with Crippen LogP contribution in [0.15, 0.2) is 42.5 Å². The Morgan fingerprint density at radius 1 is 1.05 bits per heavy atom. The number of hydrogen-bond acceptors (Lipinski definition) is 6. The summed E-state index contributed by atoms with van der Waals surface area (Å²) in [5.41, 5.74) is 2.07. The van der Waals surface area contributed by atoms with Crippen molar-refractivity contribution in [2.24, 2.45) is 0 Å². The van der Waals surface area contributed by atoms with Gasteiger partial charge in [0.1, 0.15) is 24.1 Å². The molecule has 1 atom stereocenters. The Kier molecular flexibility index (Phi) is 10.6. The van der Waals surface area contributed by atoms with Gasteiger partial charge >= 0.3 is 0 Å². The maximum atomic E-state index is 14.0. The maximum absolute atomic E-state index is 14.0. The number of benzene rings is 2. The van der Waals surface area contributed by atoms with Crippen molar-refractivity contribution in [3.05, 3.63) is 53.6 Å². The van der Waals surface area contributed by atoms with Crippen LogP contribution in [0.2, 0.25) is 0 Å². The first-order chi connectivity index (χ1) is 18.6. The molecule has 1 saturated carbocycles. The summed E-state index contributed by atoms with van der Waals surface area (Å²) in [6.07, 6.45) is 6.57. The Balaban J connectivity index is 1.98. The predicted molar refractivity (Wildman–Crippen MR) is 153 cm³/mol. The van der Waals surface area contributed by atoms with Crippen molar-refractivity contribution in [3.63, 3.8) is 0 Å². The molecule has 2 aromatic carbocycles. The molecule has 1 fully saturated rings. The number of anilines is 1. The molecule has 1 aliphatic carbocycles. The van der Waals surface area contributed by atoms with Gasteiger partial charge in [-0.1, -0.05) is 56.0 Å². The molecule has 0 aromatic heterocycles. The van der Waals surface area contributed by atoms with Crippen molar-refractivity contribution in [2.45, 2.75) is 71.0 Å². The highest BCUT2D eigenvalue weighted by Crippen LogP contribution is 2.34. The summed E-state index contributed by atoms with van der Waals surface area (Å²) >= 11 is 0. The van der Waals surface area contributed by atoms with Crippen LogP contribution in [0.5, 0.6) is 11.5 Å². The maximum Gasteiger partial charge on any atom is 0.244 e. The first kappa shape index (κ1) is 30.3. The van der Waals surface area contributed by atoms with Gasteiger partial charge in [-0.15, -0.1) is 0 Å². The second kappa shape index (κ2) is 13.7. The fraction of sp³-hybridized carbons (Fsp3) is 0.517. The predicted octanol–water partition coefficient (Wildman–Crippen LogP) is 4.03. The van der Waals surface area contributed by atoms with Gasteiger partial charge in [-0.05, 0) is 43.9 Å². The summed E-state index contributed by atoms with van der Waals surface area (Å²) in [4.78, 5) is 29.0. The van der Waals surface area contributed by atoms with E-state index < -0.39 is 28.5 Å². The van der Waals surface area contributed by atoms with Crippen LogP contribution in [0, 0.1) is 6.92 Å². The van der Waals surface area contributed by atoms with Crippen LogP contribution in [0.25, 0.3) is 0 Å². The van der Waals surface area contributed by atoms with Gasteiger partial charge in [0.05, 0.1) is 26.2 Å². The number of amides is 2. The van der Waals surface area contributed by atoms with Gasteiger partial charge in [0.15, 0.2) is 0 Å². The van der Waals surface area contributed by atoms with Crippen LogP contribution in [0.1, 0.15) is 56.6 Å². The van der Waals surface area contributed by atoms with Gasteiger partial charge in [0, 0.05) is 18.7 Å². The lowest BCUT2D eigenvalue weighted by atomic mass is 9.95. The number of sulfonamides is 1. The standard InChI is InChI=1S/C29H41N3O6S/c1-6-25(29(34)30-23-13-8-7-9-14-23)31(19-22-12-10-11-21(2)17-22)28(33)20-32(39(5,35)36)26-18-24(37-3)15-16-27(26)38-4/h10-12,15-18,23,25H,6-9,13-14,19-20H2,1-5H3,(H,30,34)/t25-/m1/s1. The van der Waals surface area contributed by atoms with Crippen LogP contribution in [-0.2, 0) is 26.2 Å². The Morgan fingerprint density at radius 2 is 1.77 bits per heavy atom. The van der Waals surface area contributed by atoms with Gasteiger partial charge in [-0.2, -0.15) is 0 Å². The molecular weight excluding hydrogens is 518 g/mol. The van der Waals surface area contributed by atoms with Crippen molar-refractivity contribution in [3.8, 4) is 11.5 Å². The summed E-state index contributed by atoms with van der Waals surface area (Å²) in [5.74, 6) is -0.00382. The van der Waals surface area contributed by atoms with E-state index in [9.17, 15) is 18.0 Å². The highest BCUT2D eigenvalue weighted by molar-refractivity contribution is 7.92. The third-order valence-corrected chi connectivity index (χ3v) is 8.23. The fourth-order valence-corrected chi connectivity index (χ4v) is 5.90. The normalized spacial score (nSPS) is 14.8. The van der Waals surface area contributed by atoms with Crippen LogP contribution in [0.4, 0.5) is 5.69 Å². The first-order valence-electron chi connectivity index (χ1n) is 13.4. The molecule has 1 N–H and O–H groups in total. The smallest absolute Gasteiger partial charge is 0.244 e. The minimum Gasteiger partial charge on any atom is -0.497 e. The van der Waals surface area contributed by atoms with E-state index in [1.807, 2.05) is 38.1 Å². The lowest BCUT2D eigenvalue weighted by molar-refractivity contribution is -0.140. The fourth-order valence-electron chi connectivity index (χ4n) is 5.06. The van der Waals surface area contributed by atoms with Gasteiger partial charge in [-0.3, -0.25) is 13.9 Å². The third kappa shape index (κ3) is 8.11. The number of hydrogen-bond donors (Lipinski definition) is 1. The van der Waals surface area contributed by atoms with E-state index in [2.05, 4.69) is 5.32 Å². The van der Waals surface area contributed by atoms with Gasteiger partial charge in [0.2, 0.25) is 21.8 Å². The summed E-state index contributed by atoms with van der Waals surface area (Å²) in [7, 11) is -1.00. The molecule has 9 nitrogen and oxygen atoms in total. The van der Waals surface area contributed by atoms with Crippen molar-refractivity contribution in [2.75, 3.05) is 31.3 Å². The minimum atomic E-state index is -3.91. The van der Waals surface area contributed by atoms with E-state index in [1.165, 1.54) is 25.2 Å². The van der Waals surface area contributed by atoms with Crippen LogP contribution < -0.4 is 19.1 Å². The van der Waals surface area contributed by atoms with Crippen LogP contribution in [0.3, 0.4) is 0 Å². The van der Waals surface area contributed by atoms with E-state index >= 15 is 0 Å². The molecule has 10 heteroatoms. The largest absolute Gasteiger partial charge is 0.497 e. The third-order valence-electron chi connectivity index (χ3n) is 7.11. The molecule has 0 unspecified atom stereocenters. The number of rotatable bonds is 12. The zero-order valence-corrected chi connectivity index (χ0v) is 24.4. The highest BCUT2D eigenvalue weighted by atomic mass is 32.2. The van der Waals surface area contributed by atoms with Crippen molar-refractivity contribution in [1.82, 2.24) is 10.2 Å².